The molecule has 21 heavy (non-hydrogen) atoms. The molecule has 0 aliphatic rings. The van der Waals surface area contributed by atoms with Crippen LogP contribution in [-0.4, -0.2) is 32.8 Å². The Labute approximate surface area is 135 Å². The first-order chi connectivity index (χ1) is 9.80. The number of nitrogens with zero attached hydrogens (tertiary/aromatic N) is 1. The van der Waals surface area contributed by atoms with Crippen LogP contribution in [0.5, 0.6) is 11.5 Å². The molecule has 0 aliphatic heterocycles. The number of halogens is 1. The highest BCUT2D eigenvalue weighted by Crippen LogP contribution is 2.33. The number of hydrogen-bond donors (Lipinski definition) is 2. The van der Waals surface area contributed by atoms with Gasteiger partial charge in [0.15, 0.2) is 17.5 Å². The second-order valence-corrected chi connectivity index (χ2v) is 6.45. The summed E-state index contributed by atoms with van der Waals surface area (Å²) in [7, 11) is 5.01. The molecule has 0 radical (unpaired) electrons. The van der Waals surface area contributed by atoms with Gasteiger partial charge in [-0.25, -0.2) is 0 Å². The summed E-state index contributed by atoms with van der Waals surface area (Å²) in [5.74, 6) is 2.16. The second-order valence-electron chi connectivity index (χ2n) is 5.60. The molecule has 0 atom stereocenters. The predicted octanol–water partition coefficient (Wildman–Crippen LogP) is 2.93. The minimum atomic E-state index is -0.0450. The molecule has 1 rings (SSSR count). The van der Waals surface area contributed by atoms with Gasteiger partial charge in [0.25, 0.3) is 0 Å². The monoisotopic (exact) mass is 357 g/mol. The molecule has 2 N–H and O–H groups in total. The summed E-state index contributed by atoms with van der Waals surface area (Å²) < 4.78 is 11.6. The van der Waals surface area contributed by atoms with Gasteiger partial charge >= 0.3 is 0 Å². The van der Waals surface area contributed by atoms with Crippen LogP contribution in [-0.2, 0) is 6.54 Å². The minimum absolute atomic E-state index is 0.0450. The molecule has 0 heterocycles. The first-order valence-corrected chi connectivity index (χ1v) is 7.49. The summed E-state index contributed by atoms with van der Waals surface area (Å²) in [6, 6.07) is 3.84. The lowest BCUT2D eigenvalue weighted by Gasteiger charge is -2.24. The Morgan fingerprint density at radius 1 is 1.19 bits per heavy atom. The predicted molar refractivity (Wildman–Crippen MR) is 90.3 cm³/mol. The number of nitrogens with one attached hydrogen (secondary N) is 2. The fourth-order valence-corrected chi connectivity index (χ4v) is 2.21. The van der Waals surface area contributed by atoms with Crippen LogP contribution in [0.3, 0.4) is 0 Å². The molecular formula is C15H24BrN3O2. The highest BCUT2D eigenvalue weighted by molar-refractivity contribution is 9.10. The molecule has 0 spiro atoms. The lowest BCUT2D eigenvalue weighted by Crippen LogP contribution is -2.47. The van der Waals surface area contributed by atoms with Crippen molar-refractivity contribution in [2.24, 2.45) is 4.99 Å². The molecule has 1 aromatic carbocycles. The van der Waals surface area contributed by atoms with Gasteiger partial charge in [0.05, 0.1) is 14.2 Å². The topological polar surface area (TPSA) is 54.9 Å². The standard InChI is InChI=1S/C15H24BrN3O2/c1-15(2,3)19-14(17-4)18-9-10-7-12(20-5)13(21-6)8-11(10)16/h7-8H,9H2,1-6H3,(H2,17,18,19). The van der Waals surface area contributed by atoms with Crippen LogP contribution in [0.1, 0.15) is 26.3 Å². The van der Waals surface area contributed by atoms with Crippen molar-refractivity contribution in [3.63, 3.8) is 0 Å². The maximum absolute atomic E-state index is 5.33. The molecule has 118 valence electrons. The summed E-state index contributed by atoms with van der Waals surface area (Å²) >= 11 is 3.55. The molecule has 0 unspecified atom stereocenters. The van der Waals surface area contributed by atoms with Crippen molar-refractivity contribution in [3.8, 4) is 11.5 Å². The Morgan fingerprint density at radius 2 is 1.76 bits per heavy atom. The number of methoxy groups -OCH3 is 2. The number of rotatable bonds is 4. The van der Waals surface area contributed by atoms with Crippen molar-refractivity contribution in [3.05, 3.63) is 22.2 Å². The van der Waals surface area contributed by atoms with Crippen LogP contribution in [0.25, 0.3) is 0 Å². The van der Waals surface area contributed by atoms with Crippen molar-refractivity contribution in [1.29, 1.82) is 0 Å². The van der Waals surface area contributed by atoms with Crippen LogP contribution in [0.2, 0.25) is 0 Å². The van der Waals surface area contributed by atoms with Gasteiger partial charge < -0.3 is 20.1 Å². The van der Waals surface area contributed by atoms with E-state index in [1.165, 1.54) is 0 Å². The Morgan fingerprint density at radius 3 is 2.24 bits per heavy atom. The van der Waals surface area contributed by atoms with Crippen LogP contribution < -0.4 is 20.1 Å². The fourth-order valence-electron chi connectivity index (χ4n) is 1.75. The zero-order valence-corrected chi connectivity index (χ0v) is 15.1. The number of benzene rings is 1. The van der Waals surface area contributed by atoms with E-state index >= 15 is 0 Å². The van der Waals surface area contributed by atoms with Gasteiger partial charge in [-0.15, -0.1) is 0 Å². The maximum Gasteiger partial charge on any atom is 0.191 e. The van der Waals surface area contributed by atoms with Crippen molar-refractivity contribution < 1.29 is 9.47 Å². The zero-order valence-electron chi connectivity index (χ0n) is 13.5. The number of hydrogen-bond acceptors (Lipinski definition) is 3. The summed E-state index contributed by atoms with van der Waals surface area (Å²) in [5.41, 5.74) is 1.01. The summed E-state index contributed by atoms with van der Waals surface area (Å²) in [6.07, 6.45) is 0. The average Bonchev–Trinajstić information content (AvgIpc) is 2.42. The Kier molecular flexibility index (Phi) is 6.33. The number of aliphatic imine (C=N–C) groups is 1. The summed E-state index contributed by atoms with van der Waals surface area (Å²) in [6.45, 7) is 6.89. The largest absolute Gasteiger partial charge is 0.493 e. The third kappa shape index (κ3) is 5.46. The smallest absolute Gasteiger partial charge is 0.191 e. The van der Waals surface area contributed by atoms with E-state index in [0.717, 1.165) is 16.0 Å². The third-order valence-corrected chi connectivity index (χ3v) is 3.45. The second kappa shape index (κ2) is 7.54. The molecule has 0 aromatic heterocycles. The van der Waals surface area contributed by atoms with Gasteiger partial charge in [0, 0.05) is 23.6 Å². The van der Waals surface area contributed by atoms with Gasteiger partial charge in [0.2, 0.25) is 0 Å². The first-order valence-electron chi connectivity index (χ1n) is 6.70. The highest BCUT2D eigenvalue weighted by Gasteiger charge is 2.13. The third-order valence-electron chi connectivity index (χ3n) is 2.72. The first kappa shape index (κ1) is 17.6. The molecule has 0 bridgehead atoms. The van der Waals surface area contributed by atoms with Crippen LogP contribution in [0, 0.1) is 0 Å². The van der Waals surface area contributed by atoms with E-state index < -0.39 is 0 Å². The number of guanidine groups is 1. The van der Waals surface area contributed by atoms with E-state index in [2.05, 4.69) is 52.3 Å². The van der Waals surface area contributed by atoms with E-state index in [-0.39, 0.29) is 5.54 Å². The van der Waals surface area contributed by atoms with E-state index in [1.807, 2.05) is 12.1 Å². The SMILES string of the molecule is CN=C(NCc1cc(OC)c(OC)cc1Br)NC(C)(C)C. The van der Waals surface area contributed by atoms with Crippen LogP contribution in [0.15, 0.2) is 21.6 Å². The summed E-state index contributed by atoms with van der Waals surface area (Å²) in [4.78, 5) is 4.22. The van der Waals surface area contributed by atoms with Gasteiger partial charge in [0.1, 0.15) is 0 Å². The molecule has 5 nitrogen and oxygen atoms in total. The van der Waals surface area contributed by atoms with E-state index in [1.54, 1.807) is 21.3 Å². The molecule has 0 amide bonds. The molecule has 0 saturated heterocycles. The molecule has 0 fully saturated rings. The van der Waals surface area contributed by atoms with Crippen molar-refractivity contribution in [1.82, 2.24) is 10.6 Å². The maximum atomic E-state index is 5.33. The van der Waals surface area contributed by atoms with Crippen molar-refractivity contribution >= 4 is 21.9 Å². The fraction of sp³-hybridized carbons (Fsp3) is 0.533. The summed E-state index contributed by atoms with van der Waals surface area (Å²) in [5, 5.41) is 6.60. The molecule has 1 aromatic rings. The van der Waals surface area contributed by atoms with Crippen LogP contribution >= 0.6 is 15.9 Å². The van der Waals surface area contributed by atoms with E-state index in [9.17, 15) is 0 Å². The van der Waals surface area contributed by atoms with Crippen LogP contribution in [0.4, 0.5) is 0 Å². The lowest BCUT2D eigenvalue weighted by molar-refractivity contribution is 0.354. The van der Waals surface area contributed by atoms with Gasteiger partial charge in [-0.1, -0.05) is 15.9 Å². The van der Waals surface area contributed by atoms with Gasteiger partial charge in [-0.05, 0) is 38.5 Å². The highest BCUT2D eigenvalue weighted by atomic mass is 79.9. The quantitative estimate of drug-likeness (QED) is 0.642. The Balaban J connectivity index is 2.84. The van der Waals surface area contributed by atoms with E-state index in [4.69, 9.17) is 9.47 Å². The Bertz CT molecular complexity index is 510. The zero-order chi connectivity index (χ0) is 16.0. The van der Waals surface area contributed by atoms with Gasteiger partial charge in [-0.2, -0.15) is 0 Å². The average molecular weight is 358 g/mol. The molecule has 0 saturated carbocycles. The molecule has 0 aliphatic carbocycles. The lowest BCUT2D eigenvalue weighted by atomic mass is 10.1. The van der Waals surface area contributed by atoms with Crippen molar-refractivity contribution in [2.75, 3.05) is 21.3 Å². The molecule has 6 heteroatoms. The molecular weight excluding hydrogens is 334 g/mol. The van der Waals surface area contributed by atoms with Crippen molar-refractivity contribution in [2.45, 2.75) is 32.9 Å². The normalized spacial score (nSPS) is 12.0. The van der Waals surface area contributed by atoms with E-state index in [0.29, 0.717) is 18.0 Å². The number of ether oxygens (including phenoxy) is 2. The minimum Gasteiger partial charge on any atom is -0.493 e. The Hall–Kier alpha value is -1.43. The van der Waals surface area contributed by atoms with Gasteiger partial charge in [-0.3, -0.25) is 4.99 Å².